The van der Waals surface area contributed by atoms with Crippen LogP contribution in [-0.2, 0) is 6.54 Å². The number of nitrogens with one attached hydrogen (secondary N) is 1. The van der Waals surface area contributed by atoms with E-state index in [1.807, 2.05) is 12.1 Å². The minimum absolute atomic E-state index is 0.496. The monoisotopic (exact) mass is 250 g/mol. The summed E-state index contributed by atoms with van der Waals surface area (Å²) in [7, 11) is 1.70. The van der Waals surface area contributed by atoms with Crippen molar-refractivity contribution in [1.29, 1.82) is 0 Å². The summed E-state index contributed by atoms with van der Waals surface area (Å²) in [5, 5.41) is 3.55. The predicted molar refractivity (Wildman–Crippen MR) is 77.1 cm³/mol. The Morgan fingerprint density at radius 2 is 2.00 bits per heavy atom. The lowest BCUT2D eigenvalue weighted by molar-refractivity contribution is 0.270. The third kappa shape index (κ3) is 5.07. The van der Waals surface area contributed by atoms with Crippen LogP contribution >= 0.6 is 0 Å². The van der Waals surface area contributed by atoms with E-state index >= 15 is 0 Å². The summed E-state index contributed by atoms with van der Waals surface area (Å²) in [6.45, 7) is 10.9. The summed E-state index contributed by atoms with van der Waals surface area (Å²) < 4.78 is 5.22. The van der Waals surface area contributed by atoms with Crippen molar-refractivity contribution in [2.75, 3.05) is 26.7 Å². The number of likely N-dealkylation sites (N-methyl/N-ethyl adjacent to an activating group) is 1. The van der Waals surface area contributed by atoms with Gasteiger partial charge in [-0.1, -0.05) is 26.0 Å². The van der Waals surface area contributed by atoms with Crippen LogP contribution in [0.2, 0.25) is 0 Å². The van der Waals surface area contributed by atoms with Gasteiger partial charge in [-0.05, 0) is 37.7 Å². The molecule has 1 aromatic carbocycles. The standard InChI is InChI=1S/C15H26N2O/c1-5-17(6-2)12-13(3)16-11-14-8-7-9-15(10-14)18-4/h7-10,13,16H,5-6,11-12H2,1-4H3. The molecule has 3 heteroatoms. The molecule has 102 valence electrons. The Labute approximate surface area is 111 Å². The zero-order valence-corrected chi connectivity index (χ0v) is 12.1. The number of rotatable bonds is 8. The summed E-state index contributed by atoms with van der Waals surface area (Å²) in [5.41, 5.74) is 1.26. The zero-order chi connectivity index (χ0) is 13.4. The van der Waals surface area contributed by atoms with Gasteiger partial charge < -0.3 is 15.0 Å². The van der Waals surface area contributed by atoms with Crippen LogP contribution in [0.4, 0.5) is 0 Å². The highest BCUT2D eigenvalue weighted by Crippen LogP contribution is 2.12. The highest BCUT2D eigenvalue weighted by Gasteiger charge is 2.06. The Morgan fingerprint density at radius 1 is 1.28 bits per heavy atom. The zero-order valence-electron chi connectivity index (χ0n) is 12.1. The van der Waals surface area contributed by atoms with Gasteiger partial charge in [0.2, 0.25) is 0 Å². The summed E-state index contributed by atoms with van der Waals surface area (Å²) in [5.74, 6) is 0.922. The number of hydrogen-bond donors (Lipinski definition) is 1. The van der Waals surface area contributed by atoms with Crippen LogP contribution in [0.5, 0.6) is 5.75 Å². The Kier molecular flexibility index (Phi) is 6.76. The average Bonchev–Trinajstić information content (AvgIpc) is 2.42. The first-order valence-corrected chi connectivity index (χ1v) is 6.78. The molecular weight excluding hydrogens is 224 g/mol. The predicted octanol–water partition coefficient (Wildman–Crippen LogP) is 2.52. The van der Waals surface area contributed by atoms with E-state index in [1.165, 1.54) is 5.56 Å². The van der Waals surface area contributed by atoms with Gasteiger partial charge in [-0.15, -0.1) is 0 Å². The highest BCUT2D eigenvalue weighted by molar-refractivity contribution is 5.28. The smallest absolute Gasteiger partial charge is 0.119 e. The second-order valence-corrected chi connectivity index (χ2v) is 4.62. The van der Waals surface area contributed by atoms with Crippen molar-refractivity contribution in [2.45, 2.75) is 33.4 Å². The molecule has 0 radical (unpaired) electrons. The molecule has 0 aliphatic rings. The topological polar surface area (TPSA) is 24.5 Å². The van der Waals surface area contributed by atoms with Crippen LogP contribution in [0.15, 0.2) is 24.3 Å². The van der Waals surface area contributed by atoms with Gasteiger partial charge in [0.25, 0.3) is 0 Å². The van der Waals surface area contributed by atoms with Gasteiger partial charge in [-0.2, -0.15) is 0 Å². The molecule has 0 saturated heterocycles. The number of hydrogen-bond acceptors (Lipinski definition) is 3. The van der Waals surface area contributed by atoms with E-state index in [9.17, 15) is 0 Å². The van der Waals surface area contributed by atoms with Gasteiger partial charge in [-0.25, -0.2) is 0 Å². The molecular formula is C15H26N2O. The average molecular weight is 250 g/mol. The van der Waals surface area contributed by atoms with Gasteiger partial charge in [-0.3, -0.25) is 0 Å². The first kappa shape index (κ1) is 15.0. The van der Waals surface area contributed by atoms with Crippen LogP contribution in [0.25, 0.3) is 0 Å². The molecule has 0 heterocycles. The maximum atomic E-state index is 5.22. The maximum absolute atomic E-state index is 5.22. The van der Waals surface area contributed by atoms with Crippen molar-refractivity contribution in [3.05, 3.63) is 29.8 Å². The van der Waals surface area contributed by atoms with Crippen LogP contribution in [0.3, 0.4) is 0 Å². The molecule has 0 bridgehead atoms. The second-order valence-electron chi connectivity index (χ2n) is 4.62. The van der Waals surface area contributed by atoms with E-state index in [1.54, 1.807) is 7.11 Å². The van der Waals surface area contributed by atoms with Gasteiger partial charge in [0.1, 0.15) is 5.75 Å². The number of nitrogens with zero attached hydrogens (tertiary/aromatic N) is 1. The number of benzene rings is 1. The molecule has 3 nitrogen and oxygen atoms in total. The van der Waals surface area contributed by atoms with E-state index in [0.29, 0.717) is 6.04 Å². The third-order valence-corrected chi connectivity index (χ3v) is 3.22. The number of methoxy groups -OCH3 is 1. The fourth-order valence-electron chi connectivity index (χ4n) is 2.01. The van der Waals surface area contributed by atoms with Crippen LogP contribution in [0.1, 0.15) is 26.3 Å². The molecule has 0 spiro atoms. The Balaban J connectivity index is 2.39. The summed E-state index contributed by atoms with van der Waals surface area (Å²) in [6.07, 6.45) is 0. The molecule has 18 heavy (non-hydrogen) atoms. The van der Waals surface area contributed by atoms with Crippen molar-refractivity contribution < 1.29 is 4.74 Å². The molecule has 0 aromatic heterocycles. The third-order valence-electron chi connectivity index (χ3n) is 3.22. The van der Waals surface area contributed by atoms with Crippen molar-refractivity contribution in [3.63, 3.8) is 0 Å². The quantitative estimate of drug-likeness (QED) is 0.767. The minimum Gasteiger partial charge on any atom is -0.497 e. The van der Waals surface area contributed by atoms with E-state index < -0.39 is 0 Å². The fourth-order valence-corrected chi connectivity index (χ4v) is 2.01. The van der Waals surface area contributed by atoms with Gasteiger partial charge in [0, 0.05) is 19.1 Å². The number of ether oxygens (including phenoxy) is 1. The minimum atomic E-state index is 0.496. The van der Waals surface area contributed by atoms with Gasteiger partial charge >= 0.3 is 0 Å². The van der Waals surface area contributed by atoms with Gasteiger partial charge in [0.15, 0.2) is 0 Å². The van der Waals surface area contributed by atoms with Crippen LogP contribution in [0, 0.1) is 0 Å². The highest BCUT2D eigenvalue weighted by atomic mass is 16.5. The lowest BCUT2D eigenvalue weighted by Gasteiger charge is -2.23. The van der Waals surface area contributed by atoms with Crippen LogP contribution in [-0.4, -0.2) is 37.7 Å². The van der Waals surface area contributed by atoms with E-state index in [0.717, 1.165) is 31.9 Å². The molecule has 1 rings (SSSR count). The lowest BCUT2D eigenvalue weighted by Crippen LogP contribution is -2.38. The van der Waals surface area contributed by atoms with Crippen LogP contribution < -0.4 is 10.1 Å². The normalized spacial score (nSPS) is 12.7. The second kappa shape index (κ2) is 8.11. The van der Waals surface area contributed by atoms with E-state index in [2.05, 4.69) is 43.1 Å². The Hall–Kier alpha value is -1.06. The molecule has 0 fully saturated rings. The summed E-state index contributed by atoms with van der Waals surface area (Å²) >= 11 is 0. The van der Waals surface area contributed by atoms with E-state index in [-0.39, 0.29) is 0 Å². The largest absolute Gasteiger partial charge is 0.497 e. The SMILES string of the molecule is CCN(CC)CC(C)NCc1cccc(OC)c1. The summed E-state index contributed by atoms with van der Waals surface area (Å²) in [4.78, 5) is 2.43. The first-order valence-electron chi connectivity index (χ1n) is 6.78. The molecule has 0 aliphatic carbocycles. The van der Waals surface area contributed by atoms with E-state index in [4.69, 9.17) is 4.74 Å². The molecule has 1 unspecified atom stereocenters. The first-order chi connectivity index (χ1) is 8.69. The van der Waals surface area contributed by atoms with Crippen molar-refractivity contribution in [3.8, 4) is 5.75 Å². The lowest BCUT2D eigenvalue weighted by atomic mass is 10.2. The van der Waals surface area contributed by atoms with Crippen molar-refractivity contribution in [1.82, 2.24) is 10.2 Å². The molecule has 1 aromatic rings. The maximum Gasteiger partial charge on any atom is 0.119 e. The van der Waals surface area contributed by atoms with Crippen molar-refractivity contribution >= 4 is 0 Å². The Morgan fingerprint density at radius 3 is 2.61 bits per heavy atom. The molecule has 0 aliphatic heterocycles. The molecule has 0 saturated carbocycles. The van der Waals surface area contributed by atoms with Crippen molar-refractivity contribution in [2.24, 2.45) is 0 Å². The van der Waals surface area contributed by atoms with Gasteiger partial charge in [0.05, 0.1) is 7.11 Å². The molecule has 0 amide bonds. The summed E-state index contributed by atoms with van der Waals surface area (Å²) in [6, 6.07) is 8.71. The molecule has 1 atom stereocenters. The fraction of sp³-hybridized carbons (Fsp3) is 0.600. The molecule has 1 N–H and O–H groups in total. The Bertz CT molecular complexity index is 337.